The Morgan fingerprint density at radius 3 is 2.41 bits per heavy atom. The first-order valence-corrected chi connectivity index (χ1v) is 13.4. The molecule has 0 radical (unpaired) electrons. The van der Waals surface area contributed by atoms with E-state index in [4.69, 9.17) is 4.74 Å². The van der Waals surface area contributed by atoms with E-state index in [-0.39, 0.29) is 42.3 Å². The molecular weight excluding hydrogens is 509 g/mol. The van der Waals surface area contributed by atoms with Crippen molar-refractivity contribution in [3.8, 4) is 0 Å². The van der Waals surface area contributed by atoms with Crippen LogP contribution in [0.4, 0.5) is 18.0 Å². The van der Waals surface area contributed by atoms with E-state index in [1.807, 2.05) is 18.2 Å². The third-order valence-corrected chi connectivity index (χ3v) is 7.88. The van der Waals surface area contributed by atoms with E-state index in [0.717, 1.165) is 28.1 Å². The molecule has 1 aliphatic rings. The average molecular weight is 543 g/mol. The Bertz CT molecular complexity index is 1200. The first-order chi connectivity index (χ1) is 17.1. The van der Waals surface area contributed by atoms with E-state index in [0.29, 0.717) is 0 Å². The molecule has 0 aliphatic carbocycles. The Balaban J connectivity index is 1.88. The van der Waals surface area contributed by atoms with Crippen LogP contribution in [0.25, 0.3) is 0 Å². The highest BCUT2D eigenvalue weighted by atomic mass is 32.2. The number of nitrogens with zero attached hydrogens (tertiary/aromatic N) is 1. The van der Waals surface area contributed by atoms with Gasteiger partial charge in [-0.15, -0.1) is 0 Å². The molecule has 0 aromatic heterocycles. The number of benzene rings is 2. The highest BCUT2D eigenvalue weighted by molar-refractivity contribution is 7.89. The second-order valence-electron chi connectivity index (χ2n) is 10.5. The summed E-state index contributed by atoms with van der Waals surface area (Å²) in [4.78, 5) is 12.3. The van der Waals surface area contributed by atoms with Gasteiger partial charge in [-0.05, 0) is 68.9 Å². The van der Waals surface area contributed by atoms with Gasteiger partial charge in [-0.3, -0.25) is 0 Å². The molecular formula is C26H33F3N2O5S. The topological polar surface area (TPSA) is 95.9 Å². The van der Waals surface area contributed by atoms with Gasteiger partial charge < -0.3 is 15.2 Å². The predicted molar refractivity (Wildman–Crippen MR) is 132 cm³/mol. The number of alkyl halides is 3. The molecule has 0 saturated heterocycles. The third-order valence-electron chi connectivity index (χ3n) is 5.95. The molecule has 0 unspecified atom stereocenters. The maximum absolute atomic E-state index is 13.5. The predicted octanol–water partition coefficient (Wildman–Crippen LogP) is 4.39. The molecule has 7 nitrogen and oxygen atoms in total. The molecule has 3 atom stereocenters. The smallest absolute Gasteiger partial charge is 0.416 e. The van der Waals surface area contributed by atoms with Gasteiger partial charge in [-0.2, -0.15) is 17.5 Å². The Hall–Kier alpha value is -2.63. The number of amides is 1. The Morgan fingerprint density at radius 1 is 1.16 bits per heavy atom. The van der Waals surface area contributed by atoms with Crippen LogP contribution < -0.4 is 5.32 Å². The molecule has 0 spiro atoms. The number of fused-ring (bicyclic) bond motifs is 1. The number of aliphatic hydroxyl groups excluding tert-OH is 1. The van der Waals surface area contributed by atoms with Gasteiger partial charge in [0.25, 0.3) is 0 Å². The molecule has 2 aromatic rings. The van der Waals surface area contributed by atoms with E-state index in [1.165, 1.54) is 0 Å². The molecule has 2 aromatic carbocycles. The van der Waals surface area contributed by atoms with Crippen LogP contribution in [0.5, 0.6) is 0 Å². The van der Waals surface area contributed by atoms with Crippen LogP contribution in [0.15, 0.2) is 53.4 Å². The van der Waals surface area contributed by atoms with E-state index in [9.17, 15) is 31.5 Å². The van der Waals surface area contributed by atoms with Crippen LogP contribution >= 0.6 is 0 Å². The third kappa shape index (κ3) is 7.68. The van der Waals surface area contributed by atoms with Crippen molar-refractivity contribution in [1.29, 1.82) is 0 Å². The maximum atomic E-state index is 13.5. The summed E-state index contributed by atoms with van der Waals surface area (Å²) >= 11 is 0. The quantitative estimate of drug-likeness (QED) is 0.565. The van der Waals surface area contributed by atoms with Crippen LogP contribution in [0.1, 0.15) is 44.4 Å². The molecule has 204 valence electrons. The largest absolute Gasteiger partial charge is 0.444 e. The summed E-state index contributed by atoms with van der Waals surface area (Å²) in [6.07, 6.45) is -6.34. The van der Waals surface area contributed by atoms with Gasteiger partial charge in [0.05, 0.1) is 22.6 Å². The molecule has 1 heterocycles. The van der Waals surface area contributed by atoms with Gasteiger partial charge in [0.2, 0.25) is 10.0 Å². The molecule has 37 heavy (non-hydrogen) atoms. The molecule has 0 saturated carbocycles. The highest BCUT2D eigenvalue weighted by Gasteiger charge is 2.38. The number of hydrogen-bond acceptors (Lipinski definition) is 5. The minimum absolute atomic E-state index is 0.0000803. The van der Waals surface area contributed by atoms with E-state index in [2.05, 4.69) is 5.32 Å². The normalized spacial score (nSPS) is 19.8. The number of carbonyl (C=O) groups excluding carboxylic acids is 1. The second-order valence-corrected chi connectivity index (χ2v) is 12.4. The lowest BCUT2D eigenvalue weighted by Crippen LogP contribution is -2.51. The Labute approximate surface area is 215 Å². The first kappa shape index (κ1) is 28.9. The average Bonchev–Trinajstić information content (AvgIpc) is 2.85. The van der Waals surface area contributed by atoms with Crippen molar-refractivity contribution in [3.63, 3.8) is 0 Å². The number of halogens is 3. The minimum atomic E-state index is -4.60. The van der Waals surface area contributed by atoms with Crippen molar-refractivity contribution in [1.82, 2.24) is 9.62 Å². The molecule has 0 fully saturated rings. The van der Waals surface area contributed by atoms with Gasteiger partial charge in [0.15, 0.2) is 0 Å². The minimum Gasteiger partial charge on any atom is -0.444 e. The van der Waals surface area contributed by atoms with Crippen molar-refractivity contribution in [2.24, 2.45) is 5.92 Å². The van der Waals surface area contributed by atoms with Gasteiger partial charge in [-0.1, -0.05) is 37.3 Å². The van der Waals surface area contributed by atoms with E-state index in [1.54, 1.807) is 39.8 Å². The molecule has 0 bridgehead atoms. The fraction of sp³-hybridized carbons (Fsp3) is 0.500. The summed E-state index contributed by atoms with van der Waals surface area (Å²) in [5, 5.41) is 13.8. The first-order valence-electron chi connectivity index (χ1n) is 12.0. The summed E-state index contributed by atoms with van der Waals surface area (Å²) in [5.41, 5.74) is -0.798. The highest BCUT2D eigenvalue weighted by Crippen LogP contribution is 2.35. The van der Waals surface area contributed by atoms with E-state index >= 15 is 0 Å². The van der Waals surface area contributed by atoms with E-state index < -0.39 is 45.6 Å². The second kappa shape index (κ2) is 11.0. The molecule has 1 amide bonds. The number of carbonyl (C=O) groups is 1. The zero-order valence-electron chi connectivity index (χ0n) is 21.2. The van der Waals surface area contributed by atoms with Crippen molar-refractivity contribution in [2.75, 3.05) is 13.1 Å². The lowest BCUT2D eigenvalue weighted by atomic mass is 9.98. The van der Waals surface area contributed by atoms with Gasteiger partial charge >= 0.3 is 12.3 Å². The number of hydrogen-bond donors (Lipinski definition) is 2. The number of nitrogens with one attached hydrogen (secondary N) is 1. The summed E-state index contributed by atoms with van der Waals surface area (Å²) in [6.45, 7) is 6.47. The number of rotatable bonds is 6. The number of sulfonamides is 1. The van der Waals surface area contributed by atoms with Gasteiger partial charge in [-0.25, -0.2) is 13.2 Å². The fourth-order valence-electron chi connectivity index (χ4n) is 4.31. The molecule has 2 N–H and O–H groups in total. The lowest BCUT2D eigenvalue weighted by Gasteiger charge is -2.30. The number of β-amino-alcohol motifs (C(OH)–C–C–N with tert-alkyl or cyclic N) is 1. The van der Waals surface area contributed by atoms with Crippen LogP contribution in [0, 0.1) is 5.92 Å². The van der Waals surface area contributed by atoms with Crippen LogP contribution in [-0.2, 0) is 33.8 Å². The monoisotopic (exact) mass is 542 g/mol. The molecule has 3 rings (SSSR count). The SMILES string of the molecule is C[C@H]1Cc2cc(C(F)(F)F)ccc2S(=O)(=O)N(C[C@@H](O)[C@H](Cc2ccccc2)NC(=O)OC(C)(C)C)C1. The van der Waals surface area contributed by atoms with Crippen molar-refractivity contribution in [3.05, 3.63) is 65.2 Å². The summed E-state index contributed by atoms with van der Waals surface area (Å²) in [5.74, 6) is -0.307. The number of alkyl carbamates (subject to hydrolysis) is 1. The fourth-order valence-corrected chi connectivity index (χ4v) is 6.10. The number of ether oxygens (including phenoxy) is 1. The van der Waals surface area contributed by atoms with Gasteiger partial charge in [0.1, 0.15) is 5.60 Å². The van der Waals surface area contributed by atoms with Crippen LogP contribution in [-0.4, -0.2) is 54.8 Å². The van der Waals surface area contributed by atoms with Crippen LogP contribution in [0.2, 0.25) is 0 Å². The Kier molecular flexibility index (Phi) is 8.60. The van der Waals surface area contributed by atoms with Crippen molar-refractivity contribution >= 4 is 16.1 Å². The molecule has 1 aliphatic heterocycles. The van der Waals surface area contributed by atoms with Crippen molar-refractivity contribution < 1.29 is 36.2 Å². The summed E-state index contributed by atoms with van der Waals surface area (Å²) < 4.78 is 73.1. The number of aliphatic hydroxyl groups is 1. The van der Waals surface area contributed by atoms with Gasteiger partial charge in [0, 0.05) is 13.1 Å². The standard InChI is InChI=1S/C26H33F3N2O5S/c1-17-12-19-14-20(26(27,28)29)10-11-23(19)37(34,35)31(15-17)16-22(32)21(13-18-8-6-5-7-9-18)30-24(33)36-25(2,3)4/h5-11,14,17,21-22,32H,12-13,15-16H2,1-4H3,(H,30,33)/t17-,21-,22+/m0/s1. The summed E-state index contributed by atoms with van der Waals surface area (Å²) in [7, 11) is -4.21. The summed E-state index contributed by atoms with van der Waals surface area (Å²) in [6, 6.07) is 10.8. The maximum Gasteiger partial charge on any atom is 0.416 e. The zero-order chi connectivity index (χ0) is 27.6. The Morgan fingerprint density at radius 2 is 1.81 bits per heavy atom. The molecule has 11 heteroatoms. The van der Waals surface area contributed by atoms with Crippen LogP contribution in [0.3, 0.4) is 0 Å². The zero-order valence-corrected chi connectivity index (χ0v) is 22.1. The lowest BCUT2D eigenvalue weighted by molar-refractivity contribution is -0.137. The van der Waals surface area contributed by atoms with Crippen molar-refractivity contribution in [2.45, 2.75) is 69.4 Å².